The second kappa shape index (κ2) is 8.62. The van der Waals surface area contributed by atoms with E-state index in [0.717, 1.165) is 34.4 Å². The number of hydrogen-bond acceptors (Lipinski definition) is 7. The van der Waals surface area contributed by atoms with E-state index < -0.39 is 0 Å². The Labute approximate surface area is 171 Å². The number of ether oxygens (including phenoxy) is 1. The quantitative estimate of drug-likeness (QED) is 0.516. The Morgan fingerprint density at radius 2 is 1.82 bits per heavy atom. The Morgan fingerprint density at radius 1 is 1.11 bits per heavy atom. The van der Waals surface area contributed by atoms with Gasteiger partial charge in [-0.05, 0) is 56.2 Å². The van der Waals surface area contributed by atoms with Crippen LogP contribution in [0.5, 0.6) is 11.5 Å². The molecule has 144 valence electrons. The number of amides is 1. The smallest absolute Gasteiger partial charge is 0.233 e. The van der Waals surface area contributed by atoms with Gasteiger partial charge in [-0.15, -0.1) is 10.2 Å². The summed E-state index contributed by atoms with van der Waals surface area (Å²) in [6.07, 6.45) is 2.18. The lowest BCUT2D eigenvalue weighted by Gasteiger charge is -2.08. The Hall–Kier alpha value is -2.58. The number of carbonyl (C=O) groups is 1. The first kappa shape index (κ1) is 18.8. The average Bonchev–Trinajstić information content (AvgIpc) is 3.42. The highest BCUT2D eigenvalue weighted by atomic mass is 32.2. The van der Waals surface area contributed by atoms with Crippen LogP contribution < -0.4 is 15.4 Å². The van der Waals surface area contributed by atoms with Crippen LogP contribution in [-0.4, -0.2) is 27.4 Å². The molecule has 0 bridgehead atoms. The van der Waals surface area contributed by atoms with Crippen molar-refractivity contribution in [2.75, 3.05) is 5.32 Å². The lowest BCUT2D eigenvalue weighted by molar-refractivity contribution is -0.120. The molecule has 6 nitrogen and oxygen atoms in total. The molecule has 8 heteroatoms. The Morgan fingerprint density at radius 3 is 2.54 bits per heavy atom. The van der Waals surface area contributed by atoms with Gasteiger partial charge < -0.3 is 15.4 Å². The number of benzene rings is 2. The van der Waals surface area contributed by atoms with Crippen LogP contribution in [0.2, 0.25) is 0 Å². The third-order valence-electron chi connectivity index (χ3n) is 4.06. The molecule has 28 heavy (non-hydrogen) atoms. The maximum Gasteiger partial charge on any atom is 0.233 e. The average molecular weight is 413 g/mol. The molecule has 1 saturated carbocycles. The molecule has 3 aromatic rings. The Bertz CT molecular complexity index is 927. The van der Waals surface area contributed by atoms with Crippen LogP contribution in [0.3, 0.4) is 0 Å². The van der Waals surface area contributed by atoms with Crippen molar-refractivity contribution in [3.05, 3.63) is 54.6 Å². The van der Waals surface area contributed by atoms with Gasteiger partial charge in [-0.3, -0.25) is 4.79 Å². The molecule has 2 aromatic carbocycles. The maximum atomic E-state index is 12.1. The summed E-state index contributed by atoms with van der Waals surface area (Å²) in [6.45, 7) is 1.89. The van der Waals surface area contributed by atoms with Crippen LogP contribution in [0, 0.1) is 0 Å². The fraction of sp³-hybridized carbons (Fsp3) is 0.250. The van der Waals surface area contributed by atoms with Crippen molar-refractivity contribution in [2.24, 2.45) is 0 Å². The molecule has 0 spiro atoms. The van der Waals surface area contributed by atoms with Gasteiger partial charge in [-0.25, -0.2) is 0 Å². The number of aromatic nitrogens is 2. The maximum absolute atomic E-state index is 12.1. The number of para-hydroxylation sites is 1. The van der Waals surface area contributed by atoms with Gasteiger partial charge in [0.2, 0.25) is 11.0 Å². The third kappa shape index (κ3) is 5.24. The van der Waals surface area contributed by atoms with Crippen LogP contribution in [0.15, 0.2) is 58.9 Å². The molecule has 0 aliphatic heterocycles. The summed E-state index contributed by atoms with van der Waals surface area (Å²) >= 11 is 2.86. The summed E-state index contributed by atoms with van der Waals surface area (Å²) < 4.78 is 6.56. The van der Waals surface area contributed by atoms with Gasteiger partial charge in [0.05, 0.1) is 5.25 Å². The minimum absolute atomic E-state index is 0.0613. The molecule has 1 unspecified atom stereocenters. The van der Waals surface area contributed by atoms with Gasteiger partial charge in [0, 0.05) is 11.7 Å². The van der Waals surface area contributed by atoms with Crippen molar-refractivity contribution in [3.63, 3.8) is 0 Å². The Kier molecular flexibility index (Phi) is 5.78. The van der Waals surface area contributed by atoms with Gasteiger partial charge in [-0.2, -0.15) is 0 Å². The Balaban J connectivity index is 1.31. The zero-order chi connectivity index (χ0) is 19.3. The fourth-order valence-electron chi connectivity index (χ4n) is 2.41. The molecule has 1 atom stereocenters. The molecule has 0 radical (unpaired) electrons. The number of carbonyl (C=O) groups excluding carboxylic acids is 1. The van der Waals surface area contributed by atoms with E-state index in [-0.39, 0.29) is 11.2 Å². The zero-order valence-electron chi connectivity index (χ0n) is 15.3. The number of hydrogen-bond donors (Lipinski definition) is 2. The normalized spacial score (nSPS) is 14.3. The van der Waals surface area contributed by atoms with E-state index in [9.17, 15) is 4.79 Å². The molecule has 1 aliphatic rings. The van der Waals surface area contributed by atoms with E-state index in [1.165, 1.54) is 23.1 Å². The topological polar surface area (TPSA) is 76.1 Å². The second-order valence-electron chi connectivity index (χ2n) is 6.48. The summed E-state index contributed by atoms with van der Waals surface area (Å²) in [7, 11) is 0. The van der Waals surface area contributed by atoms with E-state index >= 15 is 0 Å². The van der Waals surface area contributed by atoms with Crippen LogP contribution in [-0.2, 0) is 4.79 Å². The van der Waals surface area contributed by atoms with Crippen LogP contribution in [0.4, 0.5) is 10.8 Å². The van der Waals surface area contributed by atoms with Crippen molar-refractivity contribution in [1.29, 1.82) is 0 Å². The largest absolute Gasteiger partial charge is 0.457 e. The first-order valence-electron chi connectivity index (χ1n) is 9.06. The van der Waals surface area contributed by atoms with Crippen LogP contribution in [0.1, 0.15) is 19.8 Å². The number of rotatable bonds is 8. The predicted molar refractivity (Wildman–Crippen MR) is 113 cm³/mol. The van der Waals surface area contributed by atoms with Crippen molar-refractivity contribution in [1.82, 2.24) is 15.5 Å². The summed E-state index contributed by atoms with van der Waals surface area (Å²) in [4.78, 5) is 12.1. The summed E-state index contributed by atoms with van der Waals surface area (Å²) in [5.41, 5.74) is 0.896. The molecule has 2 N–H and O–H groups in total. The first-order valence-corrected chi connectivity index (χ1v) is 10.8. The lowest BCUT2D eigenvalue weighted by atomic mass is 10.3. The van der Waals surface area contributed by atoms with Crippen LogP contribution in [0.25, 0.3) is 0 Å². The number of nitrogens with one attached hydrogen (secondary N) is 2. The number of thioether (sulfide) groups is 1. The first-order chi connectivity index (χ1) is 13.7. The van der Waals surface area contributed by atoms with Gasteiger partial charge in [0.25, 0.3) is 0 Å². The fourth-order valence-corrected chi connectivity index (χ4v) is 4.34. The molecular weight excluding hydrogens is 392 g/mol. The molecule has 1 aliphatic carbocycles. The van der Waals surface area contributed by atoms with Crippen molar-refractivity contribution >= 4 is 39.8 Å². The summed E-state index contributed by atoms with van der Waals surface area (Å²) in [5, 5.41) is 15.1. The molecule has 1 amide bonds. The van der Waals surface area contributed by atoms with Gasteiger partial charge in [0.15, 0.2) is 4.34 Å². The third-order valence-corrected chi connectivity index (χ3v) is 6.08. The number of anilines is 2. The minimum atomic E-state index is -0.184. The second-order valence-corrected chi connectivity index (χ2v) is 9.05. The van der Waals surface area contributed by atoms with E-state index in [1.54, 1.807) is 0 Å². The molecule has 1 aromatic heterocycles. The van der Waals surface area contributed by atoms with Gasteiger partial charge in [0.1, 0.15) is 11.5 Å². The molecule has 4 rings (SSSR count). The zero-order valence-corrected chi connectivity index (χ0v) is 16.9. The highest BCUT2D eigenvalue weighted by Gasteiger charge is 2.26. The van der Waals surface area contributed by atoms with Crippen LogP contribution >= 0.6 is 23.1 Å². The molecule has 1 fully saturated rings. The van der Waals surface area contributed by atoms with Crippen molar-refractivity contribution in [2.45, 2.75) is 35.4 Å². The summed E-state index contributed by atoms with van der Waals surface area (Å²) in [6, 6.07) is 17.7. The van der Waals surface area contributed by atoms with Gasteiger partial charge >= 0.3 is 0 Å². The van der Waals surface area contributed by atoms with E-state index in [4.69, 9.17) is 4.74 Å². The standard InChI is InChI=1S/C20H20N4O2S2/c1-13(18(25)21-14-7-8-14)27-20-24-23-19(28-20)22-15-9-11-17(12-10-15)26-16-5-3-2-4-6-16/h2-6,9-14H,7-8H2,1H3,(H,21,25)(H,22,23). The summed E-state index contributed by atoms with van der Waals surface area (Å²) in [5.74, 6) is 1.63. The van der Waals surface area contributed by atoms with Crippen molar-refractivity contribution < 1.29 is 9.53 Å². The predicted octanol–water partition coefficient (Wildman–Crippen LogP) is 4.83. The minimum Gasteiger partial charge on any atom is -0.457 e. The SMILES string of the molecule is CC(Sc1nnc(Nc2ccc(Oc3ccccc3)cc2)s1)C(=O)NC1CC1. The van der Waals surface area contributed by atoms with Gasteiger partial charge in [-0.1, -0.05) is 41.3 Å². The number of nitrogens with zero attached hydrogens (tertiary/aromatic N) is 2. The lowest BCUT2D eigenvalue weighted by Crippen LogP contribution is -2.32. The van der Waals surface area contributed by atoms with E-state index in [0.29, 0.717) is 11.2 Å². The molecule has 1 heterocycles. The highest BCUT2D eigenvalue weighted by Crippen LogP contribution is 2.31. The molecule has 0 saturated heterocycles. The molecular formula is C20H20N4O2S2. The van der Waals surface area contributed by atoms with E-state index in [2.05, 4.69) is 20.8 Å². The van der Waals surface area contributed by atoms with E-state index in [1.807, 2.05) is 61.5 Å². The highest BCUT2D eigenvalue weighted by molar-refractivity contribution is 8.02. The monoisotopic (exact) mass is 412 g/mol. The van der Waals surface area contributed by atoms with Crippen molar-refractivity contribution in [3.8, 4) is 11.5 Å².